The van der Waals surface area contributed by atoms with E-state index < -0.39 is 0 Å². The lowest BCUT2D eigenvalue weighted by atomic mass is 10.2. The quantitative estimate of drug-likeness (QED) is 0.752. The van der Waals surface area contributed by atoms with Crippen LogP contribution < -0.4 is 5.32 Å². The number of nitrogens with one attached hydrogen (secondary N) is 1. The minimum atomic E-state index is -0.205. The molecule has 3 rings (SSSR count). The lowest BCUT2D eigenvalue weighted by Gasteiger charge is -2.03. The van der Waals surface area contributed by atoms with Gasteiger partial charge in [-0.2, -0.15) is 15.0 Å². The molecule has 0 saturated carbocycles. The maximum atomic E-state index is 12.2. The highest BCUT2D eigenvalue weighted by atomic mass is 35.5. The largest absolute Gasteiger partial charge is 0.306 e. The van der Waals surface area contributed by atoms with Gasteiger partial charge in [0.2, 0.25) is 5.91 Å². The molecule has 0 unspecified atom stereocenters. The van der Waals surface area contributed by atoms with E-state index in [-0.39, 0.29) is 18.5 Å². The molecule has 3 aromatic rings. The second kappa shape index (κ2) is 6.74. The summed E-state index contributed by atoms with van der Waals surface area (Å²) in [6.07, 6.45) is 3.37. The maximum absolute atomic E-state index is 12.2. The summed E-state index contributed by atoms with van der Waals surface area (Å²) >= 11 is 7.44. The Bertz CT molecular complexity index is 865. The van der Waals surface area contributed by atoms with E-state index in [4.69, 9.17) is 11.6 Å². The highest BCUT2D eigenvalue weighted by Crippen LogP contribution is 2.31. The van der Waals surface area contributed by atoms with Gasteiger partial charge in [0.15, 0.2) is 5.82 Å². The van der Waals surface area contributed by atoms with Crippen molar-refractivity contribution in [1.29, 1.82) is 0 Å². The summed E-state index contributed by atoms with van der Waals surface area (Å²) in [5.74, 6) is 0.229. The fourth-order valence-corrected chi connectivity index (χ4v) is 3.29. The van der Waals surface area contributed by atoms with Gasteiger partial charge in [0, 0.05) is 6.20 Å². The van der Waals surface area contributed by atoms with Gasteiger partial charge in [-0.1, -0.05) is 11.6 Å². The number of carbonyl (C=O) groups excluding carboxylic acids is 1. The zero-order chi connectivity index (χ0) is 17.3. The minimum absolute atomic E-state index is 0.106. The summed E-state index contributed by atoms with van der Waals surface area (Å²) in [5.41, 5.74) is 1.83. The van der Waals surface area contributed by atoms with Crippen LogP contribution in [-0.4, -0.2) is 30.7 Å². The molecule has 0 aliphatic carbocycles. The lowest BCUT2D eigenvalue weighted by Crippen LogP contribution is -2.19. The molecular weight excluding hydrogens is 348 g/mol. The number of hydrogen-bond acceptors (Lipinski definition) is 5. The zero-order valence-electron chi connectivity index (χ0n) is 13.5. The number of amides is 1. The van der Waals surface area contributed by atoms with Crippen molar-refractivity contribution in [3.05, 3.63) is 34.4 Å². The zero-order valence-corrected chi connectivity index (χ0v) is 15.1. The molecule has 0 radical (unpaired) electrons. The van der Waals surface area contributed by atoms with Crippen LogP contribution in [-0.2, 0) is 11.3 Å². The first kappa shape index (κ1) is 16.7. The predicted molar refractivity (Wildman–Crippen MR) is 94.3 cm³/mol. The van der Waals surface area contributed by atoms with Gasteiger partial charge in [-0.15, -0.1) is 16.4 Å². The van der Waals surface area contributed by atoms with Gasteiger partial charge in [0.05, 0.1) is 21.5 Å². The average Bonchev–Trinajstić information content (AvgIpc) is 3.20. The molecule has 1 amide bonds. The monoisotopic (exact) mass is 364 g/mol. The molecule has 0 fully saturated rings. The van der Waals surface area contributed by atoms with Gasteiger partial charge in [-0.25, -0.2) is 0 Å². The van der Waals surface area contributed by atoms with E-state index in [1.165, 1.54) is 17.5 Å². The second-order valence-corrected chi connectivity index (χ2v) is 7.37. The van der Waals surface area contributed by atoms with E-state index in [2.05, 4.69) is 20.6 Å². The van der Waals surface area contributed by atoms with Crippen LogP contribution in [0.15, 0.2) is 24.5 Å². The first-order chi connectivity index (χ1) is 11.4. The van der Waals surface area contributed by atoms with Crippen molar-refractivity contribution in [3.8, 4) is 10.6 Å². The molecular formula is C15H17ClN6OS. The van der Waals surface area contributed by atoms with Crippen LogP contribution in [0.4, 0.5) is 5.82 Å². The van der Waals surface area contributed by atoms with Gasteiger partial charge in [-0.3, -0.25) is 9.48 Å². The highest BCUT2D eigenvalue weighted by Gasteiger charge is 2.13. The molecule has 0 atom stereocenters. The number of hydrogen-bond donors (Lipinski definition) is 1. The van der Waals surface area contributed by atoms with Crippen LogP contribution in [0.3, 0.4) is 0 Å². The number of thiophene rings is 1. The van der Waals surface area contributed by atoms with Crippen LogP contribution in [0.5, 0.6) is 0 Å². The average molecular weight is 365 g/mol. The highest BCUT2D eigenvalue weighted by molar-refractivity contribution is 7.19. The number of aromatic nitrogens is 5. The smallest absolute Gasteiger partial charge is 0.247 e. The van der Waals surface area contributed by atoms with Crippen molar-refractivity contribution < 1.29 is 4.79 Å². The lowest BCUT2D eigenvalue weighted by molar-refractivity contribution is -0.116. The first-order valence-corrected chi connectivity index (χ1v) is 8.63. The van der Waals surface area contributed by atoms with Crippen LogP contribution >= 0.6 is 22.9 Å². The molecule has 0 aliphatic heterocycles. The van der Waals surface area contributed by atoms with Crippen molar-refractivity contribution in [1.82, 2.24) is 24.8 Å². The van der Waals surface area contributed by atoms with Crippen LogP contribution in [0.25, 0.3) is 10.6 Å². The summed E-state index contributed by atoms with van der Waals surface area (Å²) in [6.45, 7) is 6.00. The van der Waals surface area contributed by atoms with E-state index in [1.54, 1.807) is 9.48 Å². The summed E-state index contributed by atoms with van der Waals surface area (Å²) in [6, 6.07) is 3.91. The molecule has 24 heavy (non-hydrogen) atoms. The SMILES string of the molecule is Cc1cn(CC(=O)Nc2cnn(C(C)C)n2)nc1-c1ccc(Cl)s1. The molecule has 0 aliphatic rings. The Kier molecular flexibility index (Phi) is 4.68. The van der Waals surface area contributed by atoms with E-state index >= 15 is 0 Å². The predicted octanol–water partition coefficient (Wildman–Crippen LogP) is 3.38. The van der Waals surface area contributed by atoms with Gasteiger partial charge in [0.1, 0.15) is 12.2 Å². The summed E-state index contributed by atoms with van der Waals surface area (Å²) in [5, 5.41) is 15.5. The van der Waals surface area contributed by atoms with Crippen LogP contribution in [0.2, 0.25) is 4.34 Å². The van der Waals surface area contributed by atoms with E-state index in [1.807, 2.05) is 39.1 Å². The number of anilines is 1. The second-order valence-electron chi connectivity index (χ2n) is 5.65. The number of halogens is 1. The third-order valence-corrected chi connectivity index (χ3v) is 4.53. The van der Waals surface area contributed by atoms with Crippen molar-refractivity contribution in [2.24, 2.45) is 0 Å². The minimum Gasteiger partial charge on any atom is -0.306 e. The number of rotatable bonds is 5. The van der Waals surface area contributed by atoms with Crippen molar-refractivity contribution in [3.63, 3.8) is 0 Å². The standard InChI is InChI=1S/C15H17ClN6OS/c1-9(2)22-17-6-13(19-22)18-14(23)8-21-7-10(3)15(20-21)11-4-5-12(16)24-11/h4-7,9H,8H2,1-3H3,(H,18,19,23). The molecule has 9 heteroatoms. The summed E-state index contributed by atoms with van der Waals surface area (Å²) < 4.78 is 2.32. The number of aryl methyl sites for hydroxylation is 1. The maximum Gasteiger partial charge on any atom is 0.247 e. The normalized spacial score (nSPS) is 11.2. The third kappa shape index (κ3) is 3.65. The van der Waals surface area contributed by atoms with Crippen LogP contribution in [0.1, 0.15) is 25.5 Å². The fourth-order valence-electron chi connectivity index (χ4n) is 2.20. The number of carbonyl (C=O) groups is 1. The number of nitrogens with zero attached hydrogens (tertiary/aromatic N) is 5. The Labute approximate surface area is 148 Å². The van der Waals surface area contributed by atoms with E-state index in [9.17, 15) is 4.79 Å². The van der Waals surface area contributed by atoms with Crippen molar-refractivity contribution >= 4 is 34.7 Å². The van der Waals surface area contributed by atoms with Crippen molar-refractivity contribution in [2.45, 2.75) is 33.4 Å². The fraction of sp³-hybridized carbons (Fsp3) is 0.333. The molecule has 3 heterocycles. The molecule has 0 spiro atoms. The first-order valence-electron chi connectivity index (χ1n) is 7.44. The molecule has 0 bridgehead atoms. The topological polar surface area (TPSA) is 77.6 Å². The Morgan fingerprint density at radius 1 is 1.38 bits per heavy atom. The third-order valence-electron chi connectivity index (χ3n) is 3.29. The molecule has 1 N–H and O–H groups in total. The van der Waals surface area contributed by atoms with Crippen molar-refractivity contribution in [2.75, 3.05) is 5.32 Å². The van der Waals surface area contributed by atoms with Crippen LogP contribution in [0, 0.1) is 6.92 Å². The Morgan fingerprint density at radius 3 is 2.79 bits per heavy atom. The van der Waals surface area contributed by atoms with E-state index in [0.717, 1.165) is 16.1 Å². The Morgan fingerprint density at radius 2 is 2.17 bits per heavy atom. The summed E-state index contributed by atoms with van der Waals surface area (Å²) in [7, 11) is 0. The summed E-state index contributed by atoms with van der Waals surface area (Å²) in [4.78, 5) is 14.7. The molecule has 0 aromatic carbocycles. The van der Waals surface area contributed by atoms with Gasteiger partial charge in [-0.05, 0) is 38.5 Å². The molecule has 3 aromatic heterocycles. The molecule has 126 valence electrons. The van der Waals surface area contributed by atoms with Gasteiger partial charge in [0.25, 0.3) is 0 Å². The molecule has 7 nitrogen and oxygen atoms in total. The van der Waals surface area contributed by atoms with Gasteiger partial charge < -0.3 is 5.32 Å². The Balaban J connectivity index is 1.68. The van der Waals surface area contributed by atoms with Gasteiger partial charge >= 0.3 is 0 Å². The molecule has 0 saturated heterocycles. The Hall–Kier alpha value is -2.19. The van der Waals surface area contributed by atoms with E-state index in [0.29, 0.717) is 10.2 Å².